The van der Waals surface area contributed by atoms with Crippen LogP contribution in [0.2, 0.25) is 5.02 Å². The van der Waals surface area contributed by atoms with Crippen LogP contribution in [0.5, 0.6) is 0 Å². The van der Waals surface area contributed by atoms with Crippen LogP contribution in [0.3, 0.4) is 0 Å². The van der Waals surface area contributed by atoms with Crippen LogP contribution >= 0.6 is 27.5 Å². The Morgan fingerprint density at radius 2 is 1.96 bits per heavy atom. The van der Waals surface area contributed by atoms with Crippen molar-refractivity contribution in [2.45, 2.75) is 11.5 Å². The number of hydrogen-bond donors (Lipinski definition) is 0. The van der Waals surface area contributed by atoms with Crippen LogP contribution in [0.25, 0.3) is 0 Å². The van der Waals surface area contributed by atoms with Crippen LogP contribution in [0.15, 0.2) is 45.8 Å². The molecule has 0 heterocycles. The number of carbonyl (C=O) groups excluding carboxylic acids is 1. The average Bonchev–Trinajstić information content (AvgIpc) is 2.45. The monoisotopic (exact) mass is 420 g/mol. The van der Waals surface area contributed by atoms with Crippen molar-refractivity contribution in [2.75, 3.05) is 6.26 Å². The second-order valence-electron chi connectivity index (χ2n) is 4.73. The van der Waals surface area contributed by atoms with Crippen molar-refractivity contribution >= 4 is 43.3 Å². The minimum absolute atomic E-state index is 0.0327. The van der Waals surface area contributed by atoms with Gasteiger partial charge in [-0.25, -0.2) is 17.6 Å². The van der Waals surface area contributed by atoms with Crippen LogP contribution in [0, 0.1) is 5.82 Å². The summed E-state index contributed by atoms with van der Waals surface area (Å²) in [5.74, 6) is -1.12. The quantitative estimate of drug-likeness (QED) is 0.700. The molecule has 0 spiro atoms. The van der Waals surface area contributed by atoms with Gasteiger partial charge in [0.2, 0.25) is 0 Å². The highest BCUT2D eigenvalue weighted by Crippen LogP contribution is 2.24. The summed E-state index contributed by atoms with van der Waals surface area (Å²) in [5, 5.41) is 0.0327. The van der Waals surface area contributed by atoms with Crippen LogP contribution in [-0.2, 0) is 21.2 Å². The number of carbonyl (C=O) groups is 1. The van der Waals surface area contributed by atoms with Crippen molar-refractivity contribution in [3.8, 4) is 0 Å². The molecule has 2 aromatic rings. The molecule has 0 unspecified atom stereocenters. The maximum absolute atomic E-state index is 13.0. The Hall–Kier alpha value is -1.44. The normalized spacial score (nSPS) is 11.3. The van der Waals surface area contributed by atoms with Crippen molar-refractivity contribution in [3.05, 3.63) is 62.8 Å². The summed E-state index contributed by atoms with van der Waals surface area (Å²) in [6.07, 6.45) is 0.999. The fraction of sp³-hybridized carbons (Fsp3) is 0.133. The molecule has 0 bridgehead atoms. The Balaban J connectivity index is 2.18. The molecule has 8 heteroatoms. The molecule has 2 aromatic carbocycles. The Kier molecular flexibility index (Phi) is 5.44. The molecule has 0 radical (unpaired) electrons. The Morgan fingerprint density at radius 3 is 2.57 bits per heavy atom. The summed E-state index contributed by atoms with van der Waals surface area (Å²) in [6, 6.07) is 7.85. The van der Waals surface area contributed by atoms with Crippen LogP contribution < -0.4 is 0 Å². The molecule has 0 saturated carbocycles. The fourth-order valence-electron chi connectivity index (χ4n) is 1.78. The number of halogens is 3. The molecule has 4 nitrogen and oxygen atoms in total. The average molecular weight is 422 g/mol. The van der Waals surface area contributed by atoms with Gasteiger partial charge in [0.1, 0.15) is 12.4 Å². The molecule has 0 N–H and O–H groups in total. The predicted molar refractivity (Wildman–Crippen MR) is 87.8 cm³/mol. The zero-order valence-electron chi connectivity index (χ0n) is 11.8. The zero-order valence-corrected chi connectivity index (χ0v) is 15.0. The smallest absolute Gasteiger partial charge is 0.338 e. The van der Waals surface area contributed by atoms with Gasteiger partial charge in [-0.15, -0.1) is 0 Å². The van der Waals surface area contributed by atoms with E-state index in [-0.39, 0.29) is 22.1 Å². The SMILES string of the molecule is CS(=O)(=O)c1cc(C(=O)OCc2ccc(F)cc2Br)ccc1Cl. The van der Waals surface area contributed by atoms with Gasteiger partial charge in [0, 0.05) is 16.3 Å². The van der Waals surface area contributed by atoms with Gasteiger partial charge in [-0.3, -0.25) is 0 Å². The third-order valence-corrected chi connectivity index (χ3v) is 5.26. The van der Waals surface area contributed by atoms with Crippen molar-refractivity contribution in [2.24, 2.45) is 0 Å². The molecular weight excluding hydrogens is 411 g/mol. The van der Waals surface area contributed by atoms with Gasteiger partial charge in [-0.2, -0.15) is 0 Å². The number of benzene rings is 2. The first kappa shape index (κ1) is 17.9. The summed E-state index contributed by atoms with van der Waals surface area (Å²) >= 11 is 8.99. The number of sulfone groups is 1. The van der Waals surface area contributed by atoms with Crippen molar-refractivity contribution in [1.29, 1.82) is 0 Å². The topological polar surface area (TPSA) is 60.4 Å². The van der Waals surface area contributed by atoms with Crippen LogP contribution in [0.1, 0.15) is 15.9 Å². The summed E-state index contributed by atoms with van der Waals surface area (Å²) in [6.45, 7) is -0.0868. The summed E-state index contributed by atoms with van der Waals surface area (Å²) in [7, 11) is -3.56. The molecule has 0 aliphatic rings. The van der Waals surface area contributed by atoms with Gasteiger partial charge < -0.3 is 4.74 Å². The van der Waals surface area contributed by atoms with Crippen molar-refractivity contribution in [3.63, 3.8) is 0 Å². The summed E-state index contributed by atoms with van der Waals surface area (Å²) in [4.78, 5) is 11.9. The molecule has 2 rings (SSSR count). The van der Waals surface area contributed by atoms with Gasteiger partial charge in [0.05, 0.1) is 15.5 Å². The van der Waals surface area contributed by atoms with E-state index in [9.17, 15) is 17.6 Å². The van der Waals surface area contributed by atoms with Gasteiger partial charge in [0.15, 0.2) is 9.84 Å². The van der Waals surface area contributed by atoms with E-state index in [0.29, 0.717) is 10.0 Å². The van der Waals surface area contributed by atoms with Crippen molar-refractivity contribution in [1.82, 2.24) is 0 Å². The maximum atomic E-state index is 13.0. The standard InChI is InChI=1S/C15H11BrClFO4S/c1-23(20,21)14-6-9(3-5-13(14)17)15(19)22-8-10-2-4-11(18)7-12(10)16/h2-7H,8H2,1H3. The molecular formula is C15H11BrClFO4S. The highest BCUT2D eigenvalue weighted by atomic mass is 79.9. The first-order valence-corrected chi connectivity index (χ1v) is 9.35. The lowest BCUT2D eigenvalue weighted by atomic mass is 10.2. The highest BCUT2D eigenvalue weighted by Gasteiger charge is 2.17. The molecule has 23 heavy (non-hydrogen) atoms. The number of rotatable bonds is 4. The molecule has 122 valence electrons. The molecule has 0 saturated heterocycles. The Bertz CT molecular complexity index is 868. The number of esters is 1. The summed E-state index contributed by atoms with van der Waals surface area (Å²) in [5.41, 5.74) is 0.644. The first-order chi connectivity index (χ1) is 10.7. The van der Waals surface area contributed by atoms with E-state index in [4.69, 9.17) is 16.3 Å². The van der Waals surface area contributed by atoms with Gasteiger partial charge in [-0.05, 0) is 30.3 Å². The van der Waals surface area contributed by atoms with Crippen LogP contribution in [-0.4, -0.2) is 20.6 Å². The van der Waals surface area contributed by atoms with E-state index in [2.05, 4.69) is 15.9 Å². The lowest BCUT2D eigenvalue weighted by Gasteiger charge is -2.08. The van der Waals surface area contributed by atoms with Crippen LogP contribution in [0.4, 0.5) is 4.39 Å². The number of hydrogen-bond acceptors (Lipinski definition) is 4. The van der Waals surface area contributed by atoms with E-state index in [1.807, 2.05) is 0 Å². The first-order valence-electron chi connectivity index (χ1n) is 6.29. The molecule has 0 atom stereocenters. The highest BCUT2D eigenvalue weighted by molar-refractivity contribution is 9.10. The second-order valence-corrected chi connectivity index (χ2v) is 7.97. The molecule has 0 aliphatic carbocycles. The lowest BCUT2D eigenvalue weighted by molar-refractivity contribution is 0.0471. The second kappa shape index (κ2) is 6.98. The minimum atomic E-state index is -3.56. The van der Waals surface area contributed by atoms with Gasteiger partial charge in [-0.1, -0.05) is 33.6 Å². The maximum Gasteiger partial charge on any atom is 0.338 e. The Labute approximate surface area is 146 Å². The van der Waals surface area contributed by atoms with E-state index in [0.717, 1.165) is 6.26 Å². The van der Waals surface area contributed by atoms with E-state index < -0.39 is 21.6 Å². The van der Waals surface area contributed by atoms with E-state index in [1.165, 1.54) is 36.4 Å². The predicted octanol–water partition coefficient (Wildman–Crippen LogP) is 4.00. The fourth-order valence-corrected chi connectivity index (χ4v) is 3.55. The molecule has 0 aromatic heterocycles. The van der Waals surface area contributed by atoms with E-state index >= 15 is 0 Å². The van der Waals surface area contributed by atoms with E-state index in [1.54, 1.807) is 0 Å². The third kappa shape index (κ3) is 4.53. The lowest BCUT2D eigenvalue weighted by Crippen LogP contribution is -2.08. The van der Waals surface area contributed by atoms with Gasteiger partial charge in [0.25, 0.3) is 0 Å². The molecule has 0 amide bonds. The summed E-state index contributed by atoms with van der Waals surface area (Å²) < 4.78 is 41.8. The minimum Gasteiger partial charge on any atom is -0.457 e. The number of ether oxygens (including phenoxy) is 1. The third-order valence-electron chi connectivity index (χ3n) is 2.94. The Morgan fingerprint density at radius 1 is 1.26 bits per heavy atom. The zero-order chi connectivity index (χ0) is 17.2. The molecule has 0 aliphatic heterocycles. The molecule has 0 fully saturated rings. The van der Waals surface area contributed by atoms with Crippen molar-refractivity contribution < 1.29 is 22.3 Å². The largest absolute Gasteiger partial charge is 0.457 e. The van der Waals surface area contributed by atoms with Gasteiger partial charge >= 0.3 is 5.97 Å².